The lowest BCUT2D eigenvalue weighted by Crippen LogP contribution is -2.37. The quantitative estimate of drug-likeness (QED) is 0.617. The van der Waals surface area contributed by atoms with Crippen LogP contribution in [0.15, 0.2) is 78.9 Å². The second-order valence-electron chi connectivity index (χ2n) is 7.51. The number of imide groups is 1. The minimum absolute atomic E-state index is 0.313. The van der Waals surface area contributed by atoms with Gasteiger partial charge in [0, 0.05) is 0 Å². The van der Waals surface area contributed by atoms with Crippen LogP contribution in [0, 0.1) is 18.7 Å². The molecule has 5 rings (SSSR count). The lowest BCUT2D eigenvalue weighted by Gasteiger charge is -2.29. The highest BCUT2D eigenvalue weighted by Crippen LogP contribution is 2.47. The van der Waals surface area contributed by atoms with Gasteiger partial charge in [-0.05, 0) is 48.4 Å². The molecule has 0 spiro atoms. The fraction of sp³-hybridized carbons (Fsp3) is 0.167. The number of rotatable bonds is 3. The van der Waals surface area contributed by atoms with Crippen LogP contribution in [0.4, 0.5) is 15.8 Å². The molecular formula is C24H19FN2O3. The maximum atomic E-state index is 13.6. The zero-order valence-electron chi connectivity index (χ0n) is 16.2. The molecule has 2 amide bonds. The largest absolute Gasteiger partial charge is 0.273 e. The van der Waals surface area contributed by atoms with Gasteiger partial charge in [0.2, 0.25) is 5.91 Å². The number of fused-ring (bicyclic) bond motifs is 1. The summed E-state index contributed by atoms with van der Waals surface area (Å²) in [5.41, 5.74) is 2.83. The summed E-state index contributed by atoms with van der Waals surface area (Å²) in [5, 5.41) is 1.60. The Morgan fingerprint density at radius 1 is 0.833 bits per heavy atom. The van der Waals surface area contributed by atoms with Gasteiger partial charge in [-0.1, -0.05) is 48.5 Å². The number of hydrogen-bond acceptors (Lipinski definition) is 4. The third-order valence-corrected chi connectivity index (χ3v) is 5.69. The maximum Gasteiger partial charge on any atom is 0.266 e. The van der Waals surface area contributed by atoms with Crippen LogP contribution in [-0.2, 0) is 14.4 Å². The fourth-order valence-corrected chi connectivity index (χ4v) is 4.26. The van der Waals surface area contributed by atoms with Gasteiger partial charge in [-0.3, -0.25) is 14.4 Å². The van der Waals surface area contributed by atoms with Crippen LogP contribution in [0.3, 0.4) is 0 Å². The highest BCUT2D eigenvalue weighted by Gasteiger charge is 2.60. The minimum atomic E-state index is -0.938. The molecule has 3 aromatic rings. The molecule has 2 aliphatic rings. The number of aryl methyl sites for hydroxylation is 1. The summed E-state index contributed by atoms with van der Waals surface area (Å²) in [5.74, 6) is -1.80. The van der Waals surface area contributed by atoms with Gasteiger partial charge in [-0.2, -0.15) is 0 Å². The zero-order chi connectivity index (χ0) is 20.8. The first-order chi connectivity index (χ1) is 14.6. The molecule has 0 aliphatic carbocycles. The first-order valence-electron chi connectivity index (χ1n) is 9.76. The standard InChI is InChI=1S/C24H19FN2O3/c1-15-7-5-6-10-19(15)26-23(28)20-21(16-11-13-17(25)14-12-16)27(30-22(20)24(26)29)18-8-3-2-4-9-18/h2-14,20-22H,1H3. The van der Waals surface area contributed by atoms with E-state index in [0.717, 1.165) is 11.3 Å². The lowest BCUT2D eigenvalue weighted by molar-refractivity contribution is -0.126. The van der Waals surface area contributed by atoms with E-state index >= 15 is 0 Å². The van der Waals surface area contributed by atoms with E-state index < -0.39 is 18.1 Å². The number of carbonyl (C=O) groups excluding carboxylic acids is 2. The molecular weight excluding hydrogens is 383 g/mol. The van der Waals surface area contributed by atoms with E-state index in [0.29, 0.717) is 11.3 Å². The number of benzene rings is 3. The molecule has 0 N–H and O–H groups in total. The van der Waals surface area contributed by atoms with Gasteiger partial charge in [0.15, 0.2) is 6.10 Å². The first kappa shape index (κ1) is 18.5. The molecule has 2 fully saturated rings. The molecule has 3 atom stereocenters. The third-order valence-electron chi connectivity index (χ3n) is 5.69. The second kappa shape index (κ2) is 7.07. The van der Waals surface area contributed by atoms with Crippen LogP contribution < -0.4 is 9.96 Å². The Bertz CT molecular complexity index is 1120. The highest BCUT2D eigenvalue weighted by molar-refractivity contribution is 6.24. The number of para-hydroxylation sites is 2. The summed E-state index contributed by atoms with van der Waals surface area (Å²) in [6.45, 7) is 1.86. The molecule has 5 nitrogen and oxygen atoms in total. The van der Waals surface area contributed by atoms with Crippen LogP contribution in [0.5, 0.6) is 0 Å². The molecule has 0 saturated carbocycles. The number of anilines is 2. The molecule has 2 aliphatic heterocycles. The van der Waals surface area contributed by atoms with Crippen molar-refractivity contribution in [2.24, 2.45) is 5.92 Å². The fourth-order valence-electron chi connectivity index (χ4n) is 4.26. The Morgan fingerprint density at radius 3 is 2.20 bits per heavy atom. The summed E-state index contributed by atoms with van der Waals surface area (Å²) in [4.78, 5) is 34.0. The Labute approximate surface area is 173 Å². The maximum absolute atomic E-state index is 13.6. The van der Waals surface area contributed by atoms with E-state index in [1.54, 1.807) is 29.3 Å². The predicted octanol–water partition coefficient (Wildman–Crippen LogP) is 4.19. The van der Waals surface area contributed by atoms with Crippen molar-refractivity contribution in [1.82, 2.24) is 0 Å². The molecule has 6 heteroatoms. The summed E-state index contributed by atoms with van der Waals surface area (Å²) in [7, 11) is 0. The van der Waals surface area contributed by atoms with E-state index in [1.807, 2.05) is 49.4 Å². The molecule has 2 saturated heterocycles. The molecule has 150 valence electrons. The van der Waals surface area contributed by atoms with Crippen molar-refractivity contribution in [3.05, 3.63) is 95.8 Å². The zero-order valence-corrected chi connectivity index (χ0v) is 16.2. The summed E-state index contributed by atoms with van der Waals surface area (Å²) < 4.78 is 13.6. The minimum Gasteiger partial charge on any atom is -0.273 e. The van der Waals surface area contributed by atoms with E-state index in [9.17, 15) is 14.0 Å². The van der Waals surface area contributed by atoms with Crippen molar-refractivity contribution >= 4 is 23.2 Å². The van der Waals surface area contributed by atoms with E-state index in [4.69, 9.17) is 4.84 Å². The van der Waals surface area contributed by atoms with Gasteiger partial charge in [0.25, 0.3) is 5.91 Å². The SMILES string of the molecule is Cc1ccccc1N1C(=O)C2ON(c3ccccc3)C(c3ccc(F)cc3)C2C1=O. The van der Waals surface area contributed by atoms with Crippen molar-refractivity contribution in [3.63, 3.8) is 0 Å². The van der Waals surface area contributed by atoms with Crippen molar-refractivity contribution in [2.75, 3.05) is 9.96 Å². The topological polar surface area (TPSA) is 49.9 Å². The van der Waals surface area contributed by atoms with Gasteiger partial charge in [-0.25, -0.2) is 14.4 Å². The summed E-state index contributed by atoms with van der Waals surface area (Å²) in [6.07, 6.45) is -0.938. The lowest BCUT2D eigenvalue weighted by atomic mass is 9.90. The molecule has 2 heterocycles. The normalized spacial score (nSPS) is 23.2. The van der Waals surface area contributed by atoms with Gasteiger partial charge in [-0.15, -0.1) is 0 Å². The van der Waals surface area contributed by atoms with Crippen molar-refractivity contribution in [1.29, 1.82) is 0 Å². The van der Waals surface area contributed by atoms with Gasteiger partial charge >= 0.3 is 0 Å². The number of carbonyl (C=O) groups is 2. The first-order valence-corrected chi connectivity index (χ1v) is 9.76. The number of hydrogen-bond donors (Lipinski definition) is 0. The van der Waals surface area contributed by atoms with Crippen LogP contribution in [0.25, 0.3) is 0 Å². The van der Waals surface area contributed by atoms with E-state index in [1.165, 1.54) is 17.0 Å². The molecule has 30 heavy (non-hydrogen) atoms. The average molecular weight is 402 g/mol. The van der Waals surface area contributed by atoms with E-state index in [-0.39, 0.29) is 17.6 Å². The molecule has 0 radical (unpaired) electrons. The number of halogens is 1. The Kier molecular flexibility index (Phi) is 4.37. The van der Waals surface area contributed by atoms with Crippen LogP contribution in [-0.4, -0.2) is 17.9 Å². The number of amides is 2. The van der Waals surface area contributed by atoms with Crippen molar-refractivity contribution in [2.45, 2.75) is 19.1 Å². The van der Waals surface area contributed by atoms with Crippen LogP contribution in [0.1, 0.15) is 17.2 Å². The van der Waals surface area contributed by atoms with E-state index in [2.05, 4.69) is 0 Å². The molecule has 3 unspecified atom stereocenters. The van der Waals surface area contributed by atoms with Crippen molar-refractivity contribution < 1.29 is 18.8 Å². The van der Waals surface area contributed by atoms with Crippen LogP contribution in [0.2, 0.25) is 0 Å². The highest BCUT2D eigenvalue weighted by atomic mass is 19.1. The summed E-state index contributed by atoms with van der Waals surface area (Å²) in [6, 6.07) is 22.0. The average Bonchev–Trinajstić information content (AvgIpc) is 3.26. The van der Waals surface area contributed by atoms with Gasteiger partial charge in [0.05, 0.1) is 17.4 Å². The Balaban J connectivity index is 1.60. The smallest absolute Gasteiger partial charge is 0.266 e. The third kappa shape index (κ3) is 2.80. The Hall–Kier alpha value is -3.51. The van der Waals surface area contributed by atoms with Crippen molar-refractivity contribution in [3.8, 4) is 0 Å². The van der Waals surface area contributed by atoms with Gasteiger partial charge in [0.1, 0.15) is 11.7 Å². The summed E-state index contributed by atoms with van der Waals surface area (Å²) >= 11 is 0. The Morgan fingerprint density at radius 2 is 1.50 bits per heavy atom. The van der Waals surface area contributed by atoms with Gasteiger partial charge < -0.3 is 0 Å². The number of nitrogens with zero attached hydrogens (tertiary/aromatic N) is 2. The number of hydroxylamine groups is 1. The molecule has 0 aromatic heterocycles. The predicted molar refractivity (Wildman–Crippen MR) is 110 cm³/mol. The molecule has 3 aromatic carbocycles. The van der Waals surface area contributed by atoms with Crippen LogP contribution >= 0.6 is 0 Å². The monoisotopic (exact) mass is 402 g/mol. The molecule has 0 bridgehead atoms. The second-order valence-corrected chi connectivity index (χ2v) is 7.51.